The highest BCUT2D eigenvalue weighted by Crippen LogP contribution is 2.23. The maximum atomic E-state index is 13.2. The molecule has 0 atom stereocenters. The molecule has 2 aliphatic rings. The second kappa shape index (κ2) is 10.0. The number of piperazine rings is 1. The fourth-order valence-corrected chi connectivity index (χ4v) is 4.94. The van der Waals surface area contributed by atoms with Crippen LogP contribution >= 0.6 is 0 Å². The molecule has 182 valence electrons. The Morgan fingerprint density at radius 3 is 2.32 bits per heavy atom. The van der Waals surface area contributed by atoms with Crippen LogP contribution in [0.2, 0.25) is 0 Å². The molecule has 10 heteroatoms. The third kappa shape index (κ3) is 5.87. The summed E-state index contributed by atoms with van der Waals surface area (Å²) in [5.74, 6) is 0.441. The maximum Gasteiger partial charge on any atom is 0.261 e. The molecule has 0 unspecified atom stereocenters. The zero-order valence-corrected chi connectivity index (χ0v) is 20.2. The van der Waals surface area contributed by atoms with E-state index in [4.69, 9.17) is 4.74 Å². The first-order valence-corrected chi connectivity index (χ1v) is 12.8. The summed E-state index contributed by atoms with van der Waals surface area (Å²) in [7, 11) is -2.34. The van der Waals surface area contributed by atoms with Crippen LogP contribution in [-0.2, 0) is 14.8 Å². The predicted molar refractivity (Wildman–Crippen MR) is 128 cm³/mol. The molecular formula is C24H30N4O5S. The van der Waals surface area contributed by atoms with E-state index < -0.39 is 10.0 Å². The largest absolute Gasteiger partial charge is 0.497 e. The lowest BCUT2D eigenvalue weighted by Gasteiger charge is -2.34. The van der Waals surface area contributed by atoms with E-state index >= 15 is 0 Å². The summed E-state index contributed by atoms with van der Waals surface area (Å²) in [6, 6.07) is 11.5. The number of methoxy groups -OCH3 is 1. The molecule has 2 N–H and O–H groups in total. The predicted octanol–water partition coefficient (Wildman–Crippen LogP) is 1.84. The van der Waals surface area contributed by atoms with Gasteiger partial charge in [-0.1, -0.05) is 6.07 Å². The van der Waals surface area contributed by atoms with Crippen molar-refractivity contribution >= 4 is 27.5 Å². The van der Waals surface area contributed by atoms with Gasteiger partial charge in [0, 0.05) is 43.5 Å². The lowest BCUT2D eigenvalue weighted by atomic mass is 10.1. The molecule has 1 aliphatic heterocycles. The summed E-state index contributed by atoms with van der Waals surface area (Å²) in [6.07, 6.45) is 2.11. The van der Waals surface area contributed by atoms with Crippen LogP contribution in [0.4, 0.5) is 5.69 Å². The molecule has 34 heavy (non-hydrogen) atoms. The van der Waals surface area contributed by atoms with Gasteiger partial charge >= 0.3 is 0 Å². The molecule has 1 saturated heterocycles. The molecule has 0 aromatic heterocycles. The Labute approximate surface area is 200 Å². The van der Waals surface area contributed by atoms with E-state index in [1.54, 1.807) is 42.2 Å². The van der Waals surface area contributed by atoms with Crippen LogP contribution in [0.25, 0.3) is 0 Å². The monoisotopic (exact) mass is 486 g/mol. The Morgan fingerprint density at radius 1 is 1.03 bits per heavy atom. The van der Waals surface area contributed by atoms with Gasteiger partial charge in [-0.3, -0.25) is 19.2 Å². The number of hydrogen-bond donors (Lipinski definition) is 2. The number of sulfonamides is 1. The normalized spacial score (nSPS) is 16.7. The van der Waals surface area contributed by atoms with Gasteiger partial charge in [-0.15, -0.1) is 0 Å². The molecule has 1 saturated carbocycles. The van der Waals surface area contributed by atoms with Gasteiger partial charge < -0.3 is 15.0 Å². The second-order valence-corrected chi connectivity index (χ2v) is 10.4. The quantitative estimate of drug-likeness (QED) is 0.590. The number of ether oxygens (including phenoxy) is 1. The minimum atomic E-state index is -3.88. The highest BCUT2D eigenvalue weighted by Gasteiger charge is 2.28. The van der Waals surface area contributed by atoms with Gasteiger partial charge in [0.1, 0.15) is 5.75 Å². The highest BCUT2D eigenvalue weighted by molar-refractivity contribution is 7.92. The van der Waals surface area contributed by atoms with Crippen LogP contribution in [0.5, 0.6) is 5.75 Å². The van der Waals surface area contributed by atoms with Crippen molar-refractivity contribution in [2.24, 2.45) is 0 Å². The summed E-state index contributed by atoms with van der Waals surface area (Å²) in [5, 5.41) is 2.98. The number of nitrogens with zero attached hydrogens (tertiary/aromatic N) is 2. The maximum absolute atomic E-state index is 13.2. The van der Waals surface area contributed by atoms with E-state index in [0.29, 0.717) is 61.3 Å². The number of anilines is 1. The van der Waals surface area contributed by atoms with Gasteiger partial charge in [0.15, 0.2) is 0 Å². The van der Waals surface area contributed by atoms with Crippen LogP contribution in [0.3, 0.4) is 0 Å². The number of nitrogens with one attached hydrogen (secondary N) is 2. The molecule has 0 bridgehead atoms. The molecule has 0 spiro atoms. The van der Waals surface area contributed by atoms with Crippen molar-refractivity contribution in [3.05, 3.63) is 53.6 Å². The lowest BCUT2D eigenvalue weighted by Crippen LogP contribution is -2.51. The van der Waals surface area contributed by atoms with E-state index in [1.807, 2.05) is 4.90 Å². The smallest absolute Gasteiger partial charge is 0.261 e. The molecule has 4 rings (SSSR count). The molecule has 2 aromatic rings. The third-order valence-corrected chi connectivity index (χ3v) is 7.44. The molecule has 1 aliphatic carbocycles. The summed E-state index contributed by atoms with van der Waals surface area (Å²) in [6.45, 7) is 4.28. The lowest BCUT2D eigenvalue weighted by molar-refractivity contribution is -0.122. The Hall–Kier alpha value is -3.11. The van der Waals surface area contributed by atoms with Crippen LogP contribution < -0.4 is 14.8 Å². The molecule has 2 fully saturated rings. The summed E-state index contributed by atoms with van der Waals surface area (Å²) in [4.78, 5) is 29.0. The van der Waals surface area contributed by atoms with Crippen molar-refractivity contribution in [3.63, 3.8) is 0 Å². The van der Waals surface area contributed by atoms with Crippen molar-refractivity contribution < 1.29 is 22.7 Å². The van der Waals surface area contributed by atoms with Crippen LogP contribution in [-0.4, -0.2) is 75.9 Å². The third-order valence-electron chi connectivity index (χ3n) is 6.06. The first kappa shape index (κ1) is 24.0. The van der Waals surface area contributed by atoms with Gasteiger partial charge in [-0.05, 0) is 61.7 Å². The van der Waals surface area contributed by atoms with Crippen molar-refractivity contribution in [2.75, 3.05) is 44.6 Å². The summed E-state index contributed by atoms with van der Waals surface area (Å²) in [5.41, 5.74) is 1.47. The fraction of sp³-hybridized carbons (Fsp3) is 0.417. The zero-order chi connectivity index (χ0) is 24.3. The van der Waals surface area contributed by atoms with Crippen molar-refractivity contribution in [2.45, 2.75) is 30.7 Å². The van der Waals surface area contributed by atoms with E-state index in [2.05, 4.69) is 10.0 Å². The van der Waals surface area contributed by atoms with Gasteiger partial charge in [-0.25, -0.2) is 8.42 Å². The van der Waals surface area contributed by atoms with E-state index in [0.717, 1.165) is 12.8 Å². The minimum absolute atomic E-state index is 0.0210. The van der Waals surface area contributed by atoms with Crippen LogP contribution in [0.1, 0.15) is 28.8 Å². The second-order valence-electron chi connectivity index (χ2n) is 8.72. The van der Waals surface area contributed by atoms with Crippen molar-refractivity contribution in [3.8, 4) is 5.75 Å². The Bertz CT molecular complexity index is 1150. The molecule has 2 amide bonds. The van der Waals surface area contributed by atoms with Gasteiger partial charge in [0.2, 0.25) is 5.91 Å². The number of hydrogen-bond acceptors (Lipinski definition) is 6. The minimum Gasteiger partial charge on any atom is -0.497 e. The molecule has 9 nitrogen and oxygen atoms in total. The Kier molecular flexibility index (Phi) is 7.08. The number of carbonyl (C=O) groups is 2. The number of aryl methyl sites for hydroxylation is 1. The van der Waals surface area contributed by atoms with Gasteiger partial charge in [0.25, 0.3) is 15.9 Å². The number of carbonyl (C=O) groups excluding carboxylic acids is 2. The Morgan fingerprint density at radius 2 is 1.71 bits per heavy atom. The summed E-state index contributed by atoms with van der Waals surface area (Å²) < 4.78 is 33.5. The number of amides is 2. The first-order chi connectivity index (χ1) is 16.2. The SMILES string of the molecule is COc1ccc(NS(=O)(=O)c2ccc(C)c(C(=O)N3CCN(CC(=O)NC4CC4)CC3)c2)cc1. The molecule has 1 heterocycles. The Balaban J connectivity index is 1.40. The molecular weight excluding hydrogens is 456 g/mol. The van der Waals surface area contributed by atoms with Crippen LogP contribution in [0, 0.1) is 6.92 Å². The molecule has 0 radical (unpaired) electrons. The standard InChI is InChI=1S/C24H30N4O5S/c1-17-3-10-21(34(31,32)26-19-6-8-20(33-2)9-7-19)15-22(17)24(30)28-13-11-27(12-14-28)16-23(29)25-18-4-5-18/h3,6-10,15,18,26H,4-5,11-14,16H2,1-2H3,(H,25,29). The number of benzene rings is 2. The average Bonchev–Trinajstić information content (AvgIpc) is 3.63. The highest BCUT2D eigenvalue weighted by atomic mass is 32.2. The average molecular weight is 487 g/mol. The van der Waals surface area contributed by atoms with Crippen LogP contribution in [0.15, 0.2) is 47.4 Å². The first-order valence-electron chi connectivity index (χ1n) is 11.3. The van der Waals surface area contributed by atoms with Crippen molar-refractivity contribution in [1.82, 2.24) is 15.1 Å². The molecule has 2 aromatic carbocycles. The van der Waals surface area contributed by atoms with Gasteiger partial charge in [0.05, 0.1) is 18.6 Å². The van der Waals surface area contributed by atoms with E-state index in [9.17, 15) is 18.0 Å². The van der Waals surface area contributed by atoms with Crippen molar-refractivity contribution in [1.29, 1.82) is 0 Å². The van der Waals surface area contributed by atoms with E-state index in [-0.39, 0.29) is 16.7 Å². The van der Waals surface area contributed by atoms with Gasteiger partial charge in [-0.2, -0.15) is 0 Å². The zero-order valence-electron chi connectivity index (χ0n) is 19.4. The fourth-order valence-electron chi connectivity index (χ4n) is 3.86. The number of rotatable bonds is 8. The summed E-state index contributed by atoms with van der Waals surface area (Å²) >= 11 is 0. The van der Waals surface area contributed by atoms with E-state index in [1.165, 1.54) is 19.2 Å². The topological polar surface area (TPSA) is 108 Å².